The van der Waals surface area contributed by atoms with Crippen molar-refractivity contribution < 1.29 is 13.3 Å². The Balaban J connectivity index is 2.51. The molecule has 0 aromatic heterocycles. The molecule has 0 bridgehead atoms. The summed E-state index contributed by atoms with van der Waals surface area (Å²) in [5, 5.41) is 11.2. The molecule has 1 atom stereocenters. The number of nitrogen functional groups attached to an aromatic ring is 1. The summed E-state index contributed by atoms with van der Waals surface area (Å²) in [6, 6.07) is 3.61. The highest BCUT2D eigenvalue weighted by atomic mass is 32.2. The van der Waals surface area contributed by atoms with Gasteiger partial charge >= 0.3 is 0 Å². The number of nitro groups is 1. The number of hydrogen-bond acceptors (Lipinski definition) is 6. The van der Waals surface area contributed by atoms with Crippen molar-refractivity contribution in [3.8, 4) is 0 Å². The highest BCUT2D eigenvalue weighted by Gasteiger charge is 2.35. The van der Waals surface area contributed by atoms with E-state index < -0.39 is 20.6 Å². The fourth-order valence-electron chi connectivity index (χ4n) is 2.52. The predicted octanol–water partition coefficient (Wildman–Crippen LogP) is 1.44. The molecular formula is C12H18N4O4S. The quantitative estimate of drug-likeness (QED) is 0.493. The van der Waals surface area contributed by atoms with Crippen LogP contribution in [-0.4, -0.2) is 30.2 Å². The molecule has 1 unspecified atom stereocenters. The lowest BCUT2D eigenvalue weighted by Gasteiger charge is -2.32. The highest BCUT2D eigenvalue weighted by molar-refractivity contribution is 7.89. The lowest BCUT2D eigenvalue weighted by atomic mass is 10.1. The lowest BCUT2D eigenvalue weighted by molar-refractivity contribution is -0.387. The van der Waals surface area contributed by atoms with Gasteiger partial charge in [0.15, 0.2) is 4.90 Å². The molecule has 8 nitrogen and oxygen atoms in total. The largest absolute Gasteiger partial charge is 0.324 e. The number of nitro benzene ring substituents is 1. The van der Waals surface area contributed by atoms with Crippen molar-refractivity contribution in [2.45, 2.75) is 37.1 Å². The van der Waals surface area contributed by atoms with Crippen LogP contribution in [-0.2, 0) is 10.0 Å². The van der Waals surface area contributed by atoms with E-state index in [1.54, 1.807) is 0 Å². The van der Waals surface area contributed by atoms with Crippen LogP contribution in [0.1, 0.15) is 26.2 Å². The molecule has 0 radical (unpaired) electrons. The van der Waals surface area contributed by atoms with Gasteiger partial charge in [0.2, 0.25) is 10.0 Å². The van der Waals surface area contributed by atoms with Crippen molar-refractivity contribution in [1.82, 2.24) is 4.31 Å². The summed E-state index contributed by atoms with van der Waals surface area (Å²) >= 11 is 0. The number of sulfonamides is 1. The van der Waals surface area contributed by atoms with Gasteiger partial charge in [-0.1, -0.05) is 6.42 Å². The van der Waals surface area contributed by atoms with Crippen molar-refractivity contribution in [2.24, 2.45) is 5.84 Å². The monoisotopic (exact) mass is 314 g/mol. The van der Waals surface area contributed by atoms with Gasteiger partial charge in [-0.15, -0.1) is 0 Å². The van der Waals surface area contributed by atoms with Gasteiger partial charge in [-0.25, -0.2) is 8.42 Å². The number of piperidine rings is 1. The number of anilines is 1. The van der Waals surface area contributed by atoms with E-state index in [-0.39, 0.29) is 16.6 Å². The summed E-state index contributed by atoms with van der Waals surface area (Å²) in [6.45, 7) is 2.20. The molecule has 2 rings (SSSR count). The second kappa shape index (κ2) is 5.96. The molecule has 1 heterocycles. The Labute approximate surface area is 123 Å². The summed E-state index contributed by atoms with van der Waals surface area (Å²) in [5.74, 6) is 5.21. The summed E-state index contributed by atoms with van der Waals surface area (Å²) in [4.78, 5) is 10.2. The molecule has 3 N–H and O–H groups in total. The molecule has 1 fully saturated rings. The number of benzene rings is 1. The average molecular weight is 314 g/mol. The second-order valence-corrected chi connectivity index (χ2v) is 6.90. The zero-order valence-electron chi connectivity index (χ0n) is 11.7. The number of nitrogens with zero attached hydrogens (tertiary/aromatic N) is 2. The van der Waals surface area contributed by atoms with Crippen LogP contribution in [0.2, 0.25) is 0 Å². The molecule has 1 saturated heterocycles. The van der Waals surface area contributed by atoms with E-state index in [1.165, 1.54) is 16.4 Å². The molecule has 0 aliphatic carbocycles. The van der Waals surface area contributed by atoms with Crippen LogP contribution >= 0.6 is 0 Å². The van der Waals surface area contributed by atoms with Gasteiger partial charge in [0, 0.05) is 18.7 Å². The van der Waals surface area contributed by atoms with Crippen LogP contribution in [0.5, 0.6) is 0 Å². The molecule has 1 aliphatic rings. The third-order valence-corrected chi connectivity index (χ3v) is 5.71. The first kappa shape index (κ1) is 15.7. The lowest BCUT2D eigenvalue weighted by Crippen LogP contribution is -2.42. The zero-order valence-corrected chi connectivity index (χ0v) is 12.5. The van der Waals surface area contributed by atoms with Crippen molar-refractivity contribution in [3.05, 3.63) is 28.3 Å². The maximum atomic E-state index is 12.7. The average Bonchev–Trinajstić information content (AvgIpc) is 2.46. The van der Waals surface area contributed by atoms with E-state index >= 15 is 0 Å². The van der Waals surface area contributed by atoms with Gasteiger partial charge < -0.3 is 5.43 Å². The van der Waals surface area contributed by atoms with E-state index in [2.05, 4.69) is 5.43 Å². The van der Waals surface area contributed by atoms with Crippen LogP contribution in [0.3, 0.4) is 0 Å². The van der Waals surface area contributed by atoms with Gasteiger partial charge in [-0.05, 0) is 31.9 Å². The number of hydrogen-bond donors (Lipinski definition) is 2. The third-order valence-electron chi connectivity index (χ3n) is 3.65. The van der Waals surface area contributed by atoms with Crippen molar-refractivity contribution in [3.63, 3.8) is 0 Å². The van der Waals surface area contributed by atoms with E-state index in [4.69, 9.17) is 5.84 Å². The maximum absolute atomic E-state index is 12.7. The fraction of sp³-hybridized carbons (Fsp3) is 0.500. The Morgan fingerprint density at radius 2 is 2.14 bits per heavy atom. The summed E-state index contributed by atoms with van der Waals surface area (Å²) in [5.41, 5.74) is 2.09. The number of nitrogens with one attached hydrogen (secondary N) is 1. The first-order valence-electron chi connectivity index (χ1n) is 6.65. The number of rotatable bonds is 4. The molecule has 9 heteroatoms. The molecule has 0 amide bonds. The van der Waals surface area contributed by atoms with Crippen LogP contribution in [0.25, 0.3) is 0 Å². The molecule has 1 aromatic rings. The van der Waals surface area contributed by atoms with Gasteiger partial charge in [0.05, 0.1) is 10.6 Å². The van der Waals surface area contributed by atoms with Crippen LogP contribution < -0.4 is 11.3 Å². The summed E-state index contributed by atoms with van der Waals surface area (Å²) in [7, 11) is -3.89. The standard InChI is InChI=1S/C12H18N4O4S/c1-9-4-2-3-7-15(9)21(19,20)12-6-5-10(14-13)8-11(12)16(17)18/h5-6,8-9,14H,2-4,7,13H2,1H3. The Morgan fingerprint density at radius 1 is 1.43 bits per heavy atom. The smallest absolute Gasteiger partial charge is 0.291 e. The summed E-state index contributed by atoms with van der Waals surface area (Å²) < 4.78 is 26.7. The number of nitrogens with two attached hydrogens (primary N) is 1. The Hall–Kier alpha value is -1.71. The first-order chi connectivity index (χ1) is 9.87. The maximum Gasteiger partial charge on any atom is 0.291 e. The van der Waals surface area contributed by atoms with Gasteiger partial charge in [0.25, 0.3) is 5.69 Å². The molecule has 21 heavy (non-hydrogen) atoms. The molecule has 0 spiro atoms. The zero-order chi connectivity index (χ0) is 15.6. The second-order valence-electron chi connectivity index (χ2n) is 5.04. The molecule has 0 saturated carbocycles. The van der Waals surface area contributed by atoms with Crippen molar-refractivity contribution >= 4 is 21.4 Å². The van der Waals surface area contributed by atoms with E-state index in [0.717, 1.165) is 25.3 Å². The normalized spacial score (nSPS) is 20.2. The molecule has 1 aliphatic heterocycles. The predicted molar refractivity (Wildman–Crippen MR) is 78.1 cm³/mol. The van der Waals surface area contributed by atoms with Gasteiger partial charge in [-0.2, -0.15) is 4.31 Å². The Morgan fingerprint density at radius 3 is 2.71 bits per heavy atom. The van der Waals surface area contributed by atoms with Crippen LogP contribution in [0.15, 0.2) is 23.1 Å². The van der Waals surface area contributed by atoms with E-state index in [1.807, 2.05) is 6.92 Å². The minimum absolute atomic E-state index is 0.157. The number of hydrazine groups is 1. The van der Waals surface area contributed by atoms with Gasteiger partial charge in [0.1, 0.15) is 0 Å². The molecule has 1 aromatic carbocycles. The topological polar surface area (TPSA) is 119 Å². The Bertz CT molecular complexity index is 647. The molecule has 116 valence electrons. The van der Waals surface area contributed by atoms with E-state index in [0.29, 0.717) is 6.54 Å². The van der Waals surface area contributed by atoms with Crippen LogP contribution in [0.4, 0.5) is 11.4 Å². The van der Waals surface area contributed by atoms with Crippen molar-refractivity contribution in [1.29, 1.82) is 0 Å². The summed E-state index contributed by atoms with van der Waals surface area (Å²) in [6.07, 6.45) is 2.49. The van der Waals surface area contributed by atoms with Crippen LogP contribution in [0, 0.1) is 10.1 Å². The minimum atomic E-state index is -3.89. The molecular weight excluding hydrogens is 296 g/mol. The Kier molecular flexibility index (Phi) is 4.45. The fourth-order valence-corrected chi connectivity index (χ4v) is 4.36. The minimum Gasteiger partial charge on any atom is -0.324 e. The SMILES string of the molecule is CC1CCCCN1S(=O)(=O)c1ccc(NN)cc1[N+](=O)[O-]. The van der Waals surface area contributed by atoms with E-state index in [9.17, 15) is 18.5 Å². The van der Waals surface area contributed by atoms with Gasteiger partial charge in [-0.3, -0.25) is 16.0 Å². The first-order valence-corrected chi connectivity index (χ1v) is 8.09. The highest BCUT2D eigenvalue weighted by Crippen LogP contribution is 2.32. The third kappa shape index (κ3) is 2.99. The van der Waals surface area contributed by atoms with Crippen molar-refractivity contribution in [2.75, 3.05) is 12.0 Å².